The van der Waals surface area contributed by atoms with E-state index in [9.17, 15) is 9.59 Å². The molecular weight excluding hydrogens is 462 g/mol. The topological polar surface area (TPSA) is 64.6 Å². The number of benzene rings is 4. The Hall–Kier alpha value is -4.64. The van der Waals surface area contributed by atoms with E-state index in [4.69, 9.17) is 9.47 Å². The van der Waals surface area contributed by atoms with Crippen molar-refractivity contribution in [2.45, 2.75) is 12.1 Å². The first kappa shape index (κ1) is 25.5. The lowest BCUT2D eigenvalue weighted by molar-refractivity contribution is -0.148. The smallest absolute Gasteiger partial charge is 0.322 e. The molecule has 0 saturated carbocycles. The van der Waals surface area contributed by atoms with Gasteiger partial charge in [0.15, 0.2) is 5.92 Å². The van der Waals surface area contributed by atoms with E-state index < -0.39 is 23.3 Å². The fraction of sp³-hybridized carbons (Fsp3) is 0.125. The van der Waals surface area contributed by atoms with Crippen molar-refractivity contribution in [3.63, 3.8) is 0 Å². The van der Waals surface area contributed by atoms with Gasteiger partial charge in [-0.2, -0.15) is 0 Å². The van der Waals surface area contributed by atoms with E-state index in [0.717, 1.165) is 22.3 Å². The Morgan fingerprint density at radius 2 is 1.16 bits per heavy atom. The molecule has 0 aliphatic carbocycles. The number of esters is 1. The van der Waals surface area contributed by atoms with E-state index in [1.165, 1.54) is 19.4 Å². The summed E-state index contributed by atoms with van der Waals surface area (Å²) in [5, 5.41) is 3.21. The zero-order valence-corrected chi connectivity index (χ0v) is 20.6. The van der Waals surface area contributed by atoms with Crippen molar-refractivity contribution < 1.29 is 19.1 Å². The van der Waals surface area contributed by atoms with Gasteiger partial charge in [0.2, 0.25) is 5.91 Å². The average molecular weight is 492 g/mol. The molecule has 0 spiro atoms. The molecule has 1 N–H and O–H groups in total. The molecule has 0 aromatic heterocycles. The first-order chi connectivity index (χ1) is 18.1. The number of methoxy groups -OCH3 is 1. The lowest BCUT2D eigenvalue weighted by atomic mass is 9.76. The summed E-state index contributed by atoms with van der Waals surface area (Å²) < 4.78 is 10.6. The molecule has 0 aliphatic heterocycles. The van der Waals surface area contributed by atoms with Gasteiger partial charge in [-0.3, -0.25) is 9.59 Å². The summed E-state index contributed by atoms with van der Waals surface area (Å²) in [4.78, 5) is 26.5. The number of carbonyl (C=O) groups is 2. The molecular formula is C32H29NO4. The molecule has 37 heavy (non-hydrogen) atoms. The zero-order valence-electron chi connectivity index (χ0n) is 20.6. The van der Waals surface area contributed by atoms with Gasteiger partial charge >= 0.3 is 5.97 Å². The SMILES string of the molecule is COC(=O)C(/C=C/OCc1ccccc1)C(=O)NC(c1ccccc1)(c1ccccc1)c1ccccc1. The number of hydrogen-bond donors (Lipinski definition) is 1. The van der Waals surface area contributed by atoms with E-state index in [0.29, 0.717) is 6.61 Å². The van der Waals surface area contributed by atoms with Gasteiger partial charge in [-0.05, 0) is 28.3 Å². The molecule has 0 heterocycles. The van der Waals surface area contributed by atoms with Gasteiger partial charge in [-0.15, -0.1) is 0 Å². The lowest BCUT2D eigenvalue weighted by Crippen LogP contribution is -2.50. The summed E-state index contributed by atoms with van der Waals surface area (Å²) in [5.41, 5.74) is 2.49. The van der Waals surface area contributed by atoms with Crippen molar-refractivity contribution in [3.05, 3.63) is 156 Å². The molecule has 4 rings (SSSR count). The Bertz CT molecular complexity index is 1210. The summed E-state index contributed by atoms with van der Waals surface area (Å²) in [7, 11) is 1.26. The summed E-state index contributed by atoms with van der Waals surface area (Å²) >= 11 is 0. The summed E-state index contributed by atoms with van der Waals surface area (Å²) in [5.74, 6) is -2.40. The summed E-state index contributed by atoms with van der Waals surface area (Å²) in [6, 6.07) is 38.8. The van der Waals surface area contributed by atoms with Crippen molar-refractivity contribution >= 4 is 11.9 Å². The Balaban J connectivity index is 1.71. The maximum absolute atomic E-state index is 13.8. The van der Waals surface area contributed by atoms with Gasteiger partial charge in [0, 0.05) is 0 Å². The Morgan fingerprint density at radius 1 is 0.730 bits per heavy atom. The third-order valence-electron chi connectivity index (χ3n) is 6.13. The van der Waals surface area contributed by atoms with Crippen molar-refractivity contribution in [1.29, 1.82) is 0 Å². The van der Waals surface area contributed by atoms with Crippen molar-refractivity contribution in [2.24, 2.45) is 5.92 Å². The highest BCUT2D eigenvalue weighted by atomic mass is 16.5. The van der Waals surface area contributed by atoms with Crippen LogP contribution in [0.5, 0.6) is 0 Å². The minimum atomic E-state index is -1.21. The van der Waals surface area contributed by atoms with Crippen LogP contribution in [-0.2, 0) is 31.2 Å². The number of nitrogens with one attached hydrogen (secondary N) is 1. The number of amides is 1. The van der Waals surface area contributed by atoms with E-state index in [1.807, 2.05) is 121 Å². The number of carbonyl (C=O) groups excluding carboxylic acids is 2. The minimum absolute atomic E-state index is 0.314. The number of ether oxygens (including phenoxy) is 2. The number of rotatable bonds is 10. The second-order valence-electron chi connectivity index (χ2n) is 8.46. The third-order valence-corrected chi connectivity index (χ3v) is 6.13. The predicted molar refractivity (Wildman–Crippen MR) is 143 cm³/mol. The molecule has 5 heteroatoms. The molecule has 0 radical (unpaired) electrons. The second kappa shape index (κ2) is 12.4. The van der Waals surface area contributed by atoms with Crippen LogP contribution in [0, 0.1) is 5.92 Å². The van der Waals surface area contributed by atoms with Crippen LogP contribution in [0.1, 0.15) is 22.3 Å². The van der Waals surface area contributed by atoms with Gasteiger partial charge in [-0.1, -0.05) is 121 Å². The zero-order chi connectivity index (χ0) is 25.9. The van der Waals surface area contributed by atoms with Crippen LogP contribution in [-0.4, -0.2) is 19.0 Å². The molecule has 0 fully saturated rings. The van der Waals surface area contributed by atoms with Crippen molar-refractivity contribution in [2.75, 3.05) is 7.11 Å². The third kappa shape index (κ3) is 5.96. The van der Waals surface area contributed by atoms with Gasteiger partial charge in [0.05, 0.1) is 13.4 Å². The molecule has 4 aromatic carbocycles. The predicted octanol–water partition coefficient (Wildman–Crippen LogP) is 5.61. The highest BCUT2D eigenvalue weighted by Crippen LogP contribution is 2.37. The minimum Gasteiger partial charge on any atom is -0.497 e. The Morgan fingerprint density at radius 3 is 1.59 bits per heavy atom. The number of hydrogen-bond acceptors (Lipinski definition) is 4. The van der Waals surface area contributed by atoms with Crippen LogP contribution in [0.2, 0.25) is 0 Å². The van der Waals surface area contributed by atoms with Gasteiger partial charge in [-0.25, -0.2) is 0 Å². The second-order valence-corrected chi connectivity index (χ2v) is 8.46. The van der Waals surface area contributed by atoms with Crippen LogP contribution in [0.3, 0.4) is 0 Å². The maximum Gasteiger partial charge on any atom is 0.322 e. The Labute approximate surface area is 217 Å². The molecule has 5 nitrogen and oxygen atoms in total. The van der Waals surface area contributed by atoms with E-state index >= 15 is 0 Å². The lowest BCUT2D eigenvalue weighted by Gasteiger charge is -2.37. The fourth-order valence-electron chi connectivity index (χ4n) is 4.30. The van der Waals surface area contributed by atoms with Crippen LogP contribution < -0.4 is 5.32 Å². The Kier molecular flexibility index (Phi) is 8.50. The van der Waals surface area contributed by atoms with Crippen molar-refractivity contribution in [3.8, 4) is 0 Å². The molecule has 1 unspecified atom stereocenters. The summed E-state index contributed by atoms with van der Waals surface area (Å²) in [6.45, 7) is 0.314. The van der Waals surface area contributed by atoms with E-state index in [1.54, 1.807) is 0 Å². The van der Waals surface area contributed by atoms with Crippen LogP contribution in [0.25, 0.3) is 0 Å². The molecule has 4 aromatic rings. The molecule has 1 atom stereocenters. The van der Waals surface area contributed by atoms with Crippen LogP contribution in [0.15, 0.2) is 134 Å². The monoisotopic (exact) mass is 491 g/mol. The highest BCUT2D eigenvalue weighted by molar-refractivity contribution is 6.00. The molecule has 186 valence electrons. The molecule has 1 amide bonds. The van der Waals surface area contributed by atoms with E-state index in [2.05, 4.69) is 5.32 Å². The molecule has 0 saturated heterocycles. The highest BCUT2D eigenvalue weighted by Gasteiger charge is 2.40. The van der Waals surface area contributed by atoms with Crippen LogP contribution >= 0.6 is 0 Å². The fourth-order valence-corrected chi connectivity index (χ4v) is 4.30. The largest absolute Gasteiger partial charge is 0.497 e. The first-order valence-electron chi connectivity index (χ1n) is 12.0. The van der Waals surface area contributed by atoms with E-state index in [-0.39, 0.29) is 0 Å². The molecule has 0 bridgehead atoms. The quantitative estimate of drug-likeness (QED) is 0.135. The average Bonchev–Trinajstić information content (AvgIpc) is 2.97. The van der Waals surface area contributed by atoms with Crippen LogP contribution in [0.4, 0.5) is 0 Å². The van der Waals surface area contributed by atoms with Crippen molar-refractivity contribution in [1.82, 2.24) is 5.32 Å². The van der Waals surface area contributed by atoms with Gasteiger partial charge in [0.25, 0.3) is 0 Å². The normalized spacial score (nSPS) is 12.0. The standard InChI is InChI=1S/C32H29NO4/c1-36-31(35)29(22-23-37-24-25-14-6-2-7-15-25)30(34)33-32(26-16-8-3-9-17-26,27-18-10-4-11-19-27)28-20-12-5-13-21-28/h2-23,29H,24H2,1H3,(H,33,34)/b23-22+. The van der Waals surface area contributed by atoms with Gasteiger partial charge < -0.3 is 14.8 Å². The van der Waals surface area contributed by atoms with Gasteiger partial charge in [0.1, 0.15) is 12.1 Å². The summed E-state index contributed by atoms with van der Waals surface area (Å²) in [6.07, 6.45) is 2.80. The first-order valence-corrected chi connectivity index (χ1v) is 12.0. The maximum atomic E-state index is 13.8. The molecule has 0 aliphatic rings.